The summed E-state index contributed by atoms with van der Waals surface area (Å²) in [5.74, 6) is 0.821. The maximum Gasteiger partial charge on any atom is 0.321 e. The van der Waals surface area contributed by atoms with Gasteiger partial charge in [-0.05, 0) is 49.8 Å². The number of hydrogen-bond donors (Lipinski definition) is 1. The zero-order valence-corrected chi connectivity index (χ0v) is 15.2. The SMILES string of the molecule is CC1CCN(c2cccc(NC(=O)N3CC[C@]4(CCOC4)C3)c2)CC1. The molecule has 0 bridgehead atoms. The highest BCUT2D eigenvalue weighted by Crippen LogP contribution is 2.38. The summed E-state index contributed by atoms with van der Waals surface area (Å²) in [4.78, 5) is 17.0. The largest absolute Gasteiger partial charge is 0.381 e. The topological polar surface area (TPSA) is 44.8 Å². The van der Waals surface area contributed by atoms with Crippen LogP contribution in [0.4, 0.5) is 16.2 Å². The molecule has 0 aliphatic carbocycles. The summed E-state index contributed by atoms with van der Waals surface area (Å²) in [6.45, 7) is 7.83. The highest BCUT2D eigenvalue weighted by Gasteiger charge is 2.42. The first-order valence-electron chi connectivity index (χ1n) is 9.62. The number of likely N-dealkylation sites (tertiary alicyclic amines) is 1. The van der Waals surface area contributed by atoms with E-state index in [0.29, 0.717) is 0 Å². The van der Waals surface area contributed by atoms with Crippen molar-refractivity contribution in [2.75, 3.05) is 49.6 Å². The Hall–Kier alpha value is -1.75. The van der Waals surface area contributed by atoms with Gasteiger partial charge in [-0.3, -0.25) is 0 Å². The molecular weight excluding hydrogens is 314 g/mol. The molecule has 1 N–H and O–H groups in total. The molecule has 2 amide bonds. The van der Waals surface area contributed by atoms with Crippen LogP contribution in [0.3, 0.4) is 0 Å². The molecular formula is C20H29N3O2. The van der Waals surface area contributed by atoms with Gasteiger partial charge in [-0.2, -0.15) is 0 Å². The first-order chi connectivity index (χ1) is 12.1. The predicted molar refractivity (Wildman–Crippen MR) is 100 cm³/mol. The minimum absolute atomic E-state index is 0.0215. The summed E-state index contributed by atoms with van der Waals surface area (Å²) in [5.41, 5.74) is 2.32. The van der Waals surface area contributed by atoms with E-state index in [1.807, 2.05) is 17.0 Å². The van der Waals surface area contributed by atoms with Crippen LogP contribution < -0.4 is 10.2 Å². The molecule has 25 heavy (non-hydrogen) atoms. The molecule has 3 fully saturated rings. The summed E-state index contributed by atoms with van der Waals surface area (Å²) >= 11 is 0. The third-order valence-electron chi connectivity index (χ3n) is 6.16. The summed E-state index contributed by atoms with van der Waals surface area (Å²) < 4.78 is 5.56. The Morgan fingerprint density at radius 1 is 1.24 bits per heavy atom. The molecule has 136 valence electrons. The van der Waals surface area contributed by atoms with Crippen LogP contribution in [0.5, 0.6) is 0 Å². The van der Waals surface area contributed by atoms with Crippen LogP contribution in [0.2, 0.25) is 0 Å². The molecule has 0 aromatic heterocycles. The number of benzene rings is 1. The highest BCUT2D eigenvalue weighted by molar-refractivity contribution is 5.90. The molecule has 0 saturated carbocycles. The Morgan fingerprint density at radius 2 is 2.08 bits per heavy atom. The number of piperidine rings is 1. The number of rotatable bonds is 2. The Kier molecular flexibility index (Phi) is 4.59. The van der Waals surface area contributed by atoms with Crippen LogP contribution in [0.25, 0.3) is 0 Å². The van der Waals surface area contributed by atoms with Gasteiger partial charge in [-0.1, -0.05) is 13.0 Å². The molecule has 3 aliphatic heterocycles. The van der Waals surface area contributed by atoms with Crippen molar-refractivity contribution in [1.82, 2.24) is 4.90 Å². The molecule has 1 aromatic carbocycles. The minimum atomic E-state index is 0.0215. The van der Waals surface area contributed by atoms with Crippen molar-refractivity contribution in [3.8, 4) is 0 Å². The number of anilines is 2. The Balaban J connectivity index is 1.37. The van der Waals surface area contributed by atoms with Crippen molar-refractivity contribution in [2.45, 2.75) is 32.6 Å². The molecule has 3 saturated heterocycles. The second-order valence-electron chi connectivity index (χ2n) is 8.12. The van der Waals surface area contributed by atoms with E-state index >= 15 is 0 Å². The summed E-state index contributed by atoms with van der Waals surface area (Å²) in [7, 11) is 0. The number of ether oxygens (including phenoxy) is 1. The third kappa shape index (κ3) is 3.61. The van der Waals surface area contributed by atoms with Crippen LogP contribution >= 0.6 is 0 Å². The van der Waals surface area contributed by atoms with Gasteiger partial charge in [0.15, 0.2) is 0 Å². The average Bonchev–Trinajstić information content (AvgIpc) is 3.26. The van der Waals surface area contributed by atoms with Crippen molar-refractivity contribution in [3.63, 3.8) is 0 Å². The van der Waals surface area contributed by atoms with E-state index in [9.17, 15) is 4.79 Å². The van der Waals surface area contributed by atoms with Crippen LogP contribution in [0.1, 0.15) is 32.6 Å². The van der Waals surface area contributed by atoms with Crippen LogP contribution in [-0.4, -0.2) is 50.3 Å². The van der Waals surface area contributed by atoms with E-state index in [1.165, 1.54) is 18.5 Å². The summed E-state index contributed by atoms with van der Waals surface area (Å²) in [5, 5.41) is 3.10. The van der Waals surface area contributed by atoms with E-state index in [0.717, 1.165) is 63.8 Å². The minimum Gasteiger partial charge on any atom is -0.381 e. The predicted octanol–water partition coefficient (Wildman–Crippen LogP) is 3.57. The first kappa shape index (κ1) is 16.7. The van der Waals surface area contributed by atoms with Gasteiger partial charge < -0.3 is 19.9 Å². The van der Waals surface area contributed by atoms with Gasteiger partial charge >= 0.3 is 6.03 Å². The molecule has 5 nitrogen and oxygen atoms in total. The highest BCUT2D eigenvalue weighted by atomic mass is 16.5. The van der Waals surface area contributed by atoms with E-state index in [4.69, 9.17) is 4.74 Å². The summed E-state index contributed by atoms with van der Waals surface area (Å²) in [6.07, 6.45) is 4.63. The summed E-state index contributed by atoms with van der Waals surface area (Å²) in [6, 6.07) is 8.30. The quantitative estimate of drug-likeness (QED) is 0.893. The Bertz CT molecular complexity index is 619. The zero-order valence-electron chi connectivity index (χ0n) is 15.2. The monoisotopic (exact) mass is 343 g/mol. The van der Waals surface area contributed by atoms with Gasteiger partial charge in [0, 0.05) is 49.6 Å². The molecule has 1 aromatic rings. The lowest BCUT2D eigenvalue weighted by Gasteiger charge is -2.32. The number of nitrogens with zero attached hydrogens (tertiary/aromatic N) is 2. The van der Waals surface area contributed by atoms with Crippen molar-refractivity contribution < 1.29 is 9.53 Å². The molecule has 3 aliphatic rings. The van der Waals surface area contributed by atoms with E-state index in [1.54, 1.807) is 0 Å². The van der Waals surface area contributed by atoms with Gasteiger partial charge in [0.25, 0.3) is 0 Å². The zero-order chi connectivity index (χ0) is 17.3. The van der Waals surface area contributed by atoms with Crippen LogP contribution in [0.15, 0.2) is 24.3 Å². The lowest BCUT2D eigenvalue weighted by molar-refractivity contribution is 0.154. The van der Waals surface area contributed by atoms with E-state index in [2.05, 4.69) is 29.3 Å². The number of carbonyl (C=O) groups excluding carboxylic acids is 1. The lowest BCUT2D eigenvalue weighted by atomic mass is 9.87. The van der Waals surface area contributed by atoms with Gasteiger partial charge in [0.05, 0.1) is 6.61 Å². The number of carbonyl (C=O) groups is 1. The Morgan fingerprint density at radius 3 is 2.84 bits per heavy atom. The van der Waals surface area contributed by atoms with Gasteiger partial charge in [-0.25, -0.2) is 4.79 Å². The van der Waals surface area contributed by atoms with Gasteiger partial charge in [0.2, 0.25) is 0 Å². The number of hydrogen-bond acceptors (Lipinski definition) is 3. The van der Waals surface area contributed by atoms with Crippen molar-refractivity contribution in [1.29, 1.82) is 0 Å². The number of nitrogens with one attached hydrogen (secondary N) is 1. The second kappa shape index (κ2) is 6.87. The van der Waals surface area contributed by atoms with Crippen LogP contribution in [0, 0.1) is 11.3 Å². The molecule has 0 unspecified atom stereocenters. The number of urea groups is 1. The lowest BCUT2D eigenvalue weighted by Crippen LogP contribution is -2.35. The molecule has 1 atom stereocenters. The molecule has 0 radical (unpaired) electrons. The maximum absolute atomic E-state index is 12.6. The molecule has 3 heterocycles. The Labute approximate surface area is 150 Å². The van der Waals surface area contributed by atoms with Crippen molar-refractivity contribution >= 4 is 17.4 Å². The average molecular weight is 343 g/mol. The van der Waals surface area contributed by atoms with Crippen LogP contribution in [-0.2, 0) is 4.74 Å². The first-order valence-corrected chi connectivity index (χ1v) is 9.62. The van der Waals surface area contributed by atoms with Crippen molar-refractivity contribution in [2.24, 2.45) is 11.3 Å². The molecule has 4 rings (SSSR count). The van der Waals surface area contributed by atoms with Crippen molar-refractivity contribution in [3.05, 3.63) is 24.3 Å². The van der Waals surface area contributed by atoms with Gasteiger partial charge in [0.1, 0.15) is 0 Å². The molecule has 5 heteroatoms. The third-order valence-corrected chi connectivity index (χ3v) is 6.16. The smallest absolute Gasteiger partial charge is 0.321 e. The molecule has 1 spiro atoms. The standard InChI is InChI=1S/C20H29N3O2/c1-16-5-9-22(10-6-16)18-4-2-3-17(13-18)21-19(24)23-11-7-20(14-23)8-12-25-15-20/h2-4,13,16H,5-12,14-15H2,1H3,(H,21,24)/t20-/m0/s1. The fraction of sp³-hybridized carbons (Fsp3) is 0.650. The fourth-order valence-electron chi connectivity index (χ4n) is 4.33. The normalized spacial score (nSPS) is 27.2. The second-order valence-corrected chi connectivity index (χ2v) is 8.12. The van der Waals surface area contributed by atoms with E-state index in [-0.39, 0.29) is 11.4 Å². The fourth-order valence-corrected chi connectivity index (χ4v) is 4.33. The maximum atomic E-state index is 12.6. The number of amides is 2. The van der Waals surface area contributed by atoms with E-state index < -0.39 is 0 Å². The van der Waals surface area contributed by atoms with Gasteiger partial charge in [-0.15, -0.1) is 0 Å².